The Labute approximate surface area is 77.9 Å². The van der Waals surface area contributed by atoms with Crippen molar-refractivity contribution in [2.24, 2.45) is 5.41 Å². The lowest BCUT2D eigenvalue weighted by molar-refractivity contribution is 0.148. The molecule has 0 spiro atoms. The minimum Gasteiger partial charge on any atom is -0.314 e. The predicted molar refractivity (Wildman–Crippen MR) is 56.4 cm³/mol. The number of unbranched alkanes of at least 4 members (excludes halogenated alkanes) is 1. The Balaban J connectivity index is 4.17. The van der Waals surface area contributed by atoms with Crippen molar-refractivity contribution in [1.29, 1.82) is 0 Å². The van der Waals surface area contributed by atoms with Crippen LogP contribution in [-0.4, -0.2) is 12.6 Å². The highest BCUT2D eigenvalue weighted by molar-refractivity contribution is 4.91. The van der Waals surface area contributed by atoms with Crippen LogP contribution >= 0.6 is 0 Å². The maximum Gasteiger partial charge on any atom is 0.0173 e. The Morgan fingerprint density at radius 3 is 1.92 bits per heavy atom. The van der Waals surface area contributed by atoms with Crippen LogP contribution < -0.4 is 5.32 Å². The van der Waals surface area contributed by atoms with E-state index < -0.39 is 0 Å². The van der Waals surface area contributed by atoms with Gasteiger partial charge in [0.25, 0.3) is 0 Å². The minimum atomic E-state index is 0.238. The molecule has 0 amide bonds. The van der Waals surface area contributed by atoms with Crippen LogP contribution in [0.3, 0.4) is 0 Å². The first-order valence-corrected chi connectivity index (χ1v) is 5.06. The van der Waals surface area contributed by atoms with Crippen LogP contribution in [0.1, 0.15) is 53.9 Å². The Hall–Kier alpha value is -0.0400. The predicted octanol–water partition coefficient (Wildman–Crippen LogP) is 3.20. The maximum absolute atomic E-state index is 3.39. The lowest BCUT2D eigenvalue weighted by atomic mass is 9.71. The summed E-state index contributed by atoms with van der Waals surface area (Å²) in [4.78, 5) is 0. The molecule has 74 valence electrons. The van der Waals surface area contributed by atoms with E-state index in [9.17, 15) is 0 Å². The zero-order valence-electron chi connectivity index (χ0n) is 9.62. The summed E-state index contributed by atoms with van der Waals surface area (Å²) in [5.74, 6) is 0. The fraction of sp³-hybridized carbons (Fsp3) is 1.00. The summed E-state index contributed by atoms with van der Waals surface area (Å²) in [5, 5.41) is 3.39. The van der Waals surface area contributed by atoms with Gasteiger partial charge in [0.15, 0.2) is 0 Å². The summed E-state index contributed by atoms with van der Waals surface area (Å²) in [6.45, 7) is 11.5. The maximum atomic E-state index is 3.39. The third kappa shape index (κ3) is 2.78. The van der Waals surface area contributed by atoms with Crippen molar-refractivity contribution in [1.82, 2.24) is 5.32 Å². The normalized spacial score (nSPS) is 13.5. The van der Waals surface area contributed by atoms with E-state index >= 15 is 0 Å². The molecule has 0 aromatic heterocycles. The molecule has 0 fully saturated rings. The van der Waals surface area contributed by atoms with Crippen molar-refractivity contribution >= 4 is 0 Å². The van der Waals surface area contributed by atoms with Crippen LogP contribution in [0.5, 0.6) is 0 Å². The highest BCUT2D eigenvalue weighted by atomic mass is 14.9. The van der Waals surface area contributed by atoms with Gasteiger partial charge in [-0.2, -0.15) is 0 Å². The molecule has 1 N–H and O–H groups in total. The molecular weight excluding hydrogens is 146 g/mol. The zero-order valence-corrected chi connectivity index (χ0v) is 9.62. The third-order valence-electron chi connectivity index (χ3n) is 3.47. The summed E-state index contributed by atoms with van der Waals surface area (Å²) < 4.78 is 0. The Morgan fingerprint density at radius 1 is 1.08 bits per heavy atom. The zero-order chi connectivity index (χ0) is 9.83. The van der Waals surface area contributed by atoms with Gasteiger partial charge in [-0.05, 0) is 32.7 Å². The molecule has 0 bridgehead atoms. The molecule has 12 heavy (non-hydrogen) atoms. The van der Waals surface area contributed by atoms with Crippen LogP contribution in [0.4, 0.5) is 0 Å². The average molecular weight is 171 g/mol. The number of hydrogen-bond donors (Lipinski definition) is 1. The molecular formula is C11H25N. The summed E-state index contributed by atoms with van der Waals surface area (Å²) in [6, 6.07) is 0. The molecule has 0 aliphatic rings. The highest BCUT2D eigenvalue weighted by Crippen LogP contribution is 2.35. The molecule has 1 heteroatoms. The second kappa shape index (κ2) is 4.27. The van der Waals surface area contributed by atoms with E-state index in [1.54, 1.807) is 0 Å². The number of hydrogen-bond acceptors (Lipinski definition) is 1. The largest absolute Gasteiger partial charge is 0.314 e. The van der Waals surface area contributed by atoms with Gasteiger partial charge in [0.2, 0.25) is 0 Å². The lowest BCUT2D eigenvalue weighted by Gasteiger charge is -2.42. The van der Waals surface area contributed by atoms with Gasteiger partial charge < -0.3 is 5.32 Å². The topological polar surface area (TPSA) is 12.0 Å². The van der Waals surface area contributed by atoms with Gasteiger partial charge in [-0.25, -0.2) is 0 Å². The molecule has 0 saturated heterocycles. The molecule has 0 aromatic rings. The standard InChI is InChI=1S/C11H25N/c1-7-8-9-10(2,3)11(4,5)12-6/h12H,7-9H2,1-6H3. The second-order valence-electron chi connectivity index (χ2n) is 4.86. The Kier molecular flexibility index (Phi) is 4.25. The van der Waals surface area contributed by atoms with E-state index in [-0.39, 0.29) is 5.54 Å². The summed E-state index contributed by atoms with van der Waals surface area (Å²) in [7, 11) is 2.05. The van der Waals surface area contributed by atoms with E-state index in [4.69, 9.17) is 0 Å². The molecule has 0 rings (SSSR count). The molecule has 0 heterocycles. The molecule has 0 saturated carbocycles. The van der Waals surface area contributed by atoms with Gasteiger partial charge in [0.1, 0.15) is 0 Å². The van der Waals surface area contributed by atoms with Crippen molar-refractivity contribution < 1.29 is 0 Å². The molecule has 0 atom stereocenters. The first kappa shape index (κ1) is 12.0. The van der Waals surface area contributed by atoms with Gasteiger partial charge in [-0.15, -0.1) is 0 Å². The fourth-order valence-electron chi connectivity index (χ4n) is 1.27. The van der Waals surface area contributed by atoms with E-state index in [1.165, 1.54) is 19.3 Å². The number of nitrogens with one attached hydrogen (secondary N) is 1. The Bertz CT molecular complexity index is 125. The van der Waals surface area contributed by atoms with Gasteiger partial charge in [-0.3, -0.25) is 0 Å². The smallest absolute Gasteiger partial charge is 0.0173 e. The van der Waals surface area contributed by atoms with Crippen LogP contribution in [0.15, 0.2) is 0 Å². The SMILES string of the molecule is CCCCC(C)(C)C(C)(C)NC. The number of rotatable bonds is 5. The van der Waals surface area contributed by atoms with Crippen LogP contribution in [0.2, 0.25) is 0 Å². The summed E-state index contributed by atoms with van der Waals surface area (Å²) >= 11 is 0. The third-order valence-corrected chi connectivity index (χ3v) is 3.47. The van der Waals surface area contributed by atoms with Crippen LogP contribution in [0, 0.1) is 5.41 Å². The van der Waals surface area contributed by atoms with Crippen molar-refractivity contribution in [3.05, 3.63) is 0 Å². The molecule has 0 radical (unpaired) electrons. The van der Waals surface area contributed by atoms with E-state index in [0.717, 1.165) is 0 Å². The highest BCUT2D eigenvalue weighted by Gasteiger charge is 2.34. The quantitative estimate of drug-likeness (QED) is 0.670. The minimum absolute atomic E-state index is 0.238. The average Bonchev–Trinajstić information content (AvgIpc) is 2.00. The molecule has 0 aliphatic heterocycles. The Morgan fingerprint density at radius 2 is 1.58 bits per heavy atom. The van der Waals surface area contributed by atoms with Gasteiger partial charge in [-0.1, -0.05) is 33.6 Å². The second-order valence-corrected chi connectivity index (χ2v) is 4.86. The van der Waals surface area contributed by atoms with Gasteiger partial charge >= 0.3 is 0 Å². The summed E-state index contributed by atoms with van der Waals surface area (Å²) in [5.41, 5.74) is 0.625. The van der Waals surface area contributed by atoms with Crippen LogP contribution in [0.25, 0.3) is 0 Å². The van der Waals surface area contributed by atoms with Crippen molar-refractivity contribution in [2.45, 2.75) is 59.4 Å². The molecule has 0 aliphatic carbocycles. The van der Waals surface area contributed by atoms with Crippen molar-refractivity contribution in [3.8, 4) is 0 Å². The van der Waals surface area contributed by atoms with E-state index in [0.29, 0.717) is 5.41 Å². The monoisotopic (exact) mass is 171 g/mol. The summed E-state index contributed by atoms with van der Waals surface area (Å²) in [6.07, 6.45) is 3.93. The fourth-order valence-corrected chi connectivity index (χ4v) is 1.27. The van der Waals surface area contributed by atoms with Crippen molar-refractivity contribution in [3.63, 3.8) is 0 Å². The molecule has 0 unspecified atom stereocenters. The first-order valence-electron chi connectivity index (χ1n) is 5.06. The van der Waals surface area contributed by atoms with Gasteiger partial charge in [0, 0.05) is 5.54 Å². The van der Waals surface area contributed by atoms with Crippen molar-refractivity contribution in [2.75, 3.05) is 7.05 Å². The van der Waals surface area contributed by atoms with Gasteiger partial charge in [0.05, 0.1) is 0 Å². The van der Waals surface area contributed by atoms with Crippen LogP contribution in [-0.2, 0) is 0 Å². The van der Waals surface area contributed by atoms with E-state index in [1.807, 2.05) is 7.05 Å². The molecule has 1 nitrogen and oxygen atoms in total. The van der Waals surface area contributed by atoms with E-state index in [2.05, 4.69) is 39.9 Å². The lowest BCUT2D eigenvalue weighted by Crippen LogP contribution is -2.49. The first-order chi connectivity index (χ1) is 5.37. The molecule has 0 aromatic carbocycles.